The standard InChI is InChI=1S/2H2O3Si.5S.2V/c2*1-4(2)3;;;;;;;/h2*1-2H;;;;;;;/q;;5*-2;;. The van der Waals surface area contributed by atoms with Crippen LogP contribution in [0.3, 0.4) is 0 Å². The summed E-state index contributed by atoms with van der Waals surface area (Å²) in [7, 11) is -6.26. The van der Waals surface area contributed by atoms with E-state index in [1.807, 2.05) is 0 Å². The number of hydrogen-bond donors (Lipinski definition) is 4. The first-order valence-electron chi connectivity index (χ1n) is 1.30. The van der Waals surface area contributed by atoms with E-state index in [-0.39, 0.29) is 105 Å². The Morgan fingerprint density at radius 2 is 0.533 bits per heavy atom. The Kier molecular flexibility index (Phi) is 250. The molecule has 0 saturated heterocycles. The topological polar surface area (TPSA) is 115 Å². The second kappa shape index (κ2) is 55.8. The fourth-order valence-corrected chi connectivity index (χ4v) is 0. The van der Waals surface area contributed by atoms with E-state index in [2.05, 4.69) is 0 Å². The van der Waals surface area contributed by atoms with E-state index in [1.165, 1.54) is 0 Å². The molecule has 15 heteroatoms. The third-order valence-corrected chi connectivity index (χ3v) is 0. The van der Waals surface area contributed by atoms with Crippen LogP contribution in [0.5, 0.6) is 0 Å². The zero-order chi connectivity index (χ0) is 7.15. The SMILES string of the molecule is O=[Si](O)O.O=[Si](O)O.[S-2].[S-2].[S-2].[S-2].[S-2].[V].[V]. The summed E-state index contributed by atoms with van der Waals surface area (Å²) >= 11 is 0. The number of hydrogen-bond acceptors (Lipinski definition) is 2. The molecular formula is H4O6S5Si2V2-10. The largest absolute Gasteiger partial charge is 2.00 e. The Bertz CT molecular complexity index is 85.5. The van der Waals surface area contributed by atoms with Gasteiger partial charge in [-0.2, -0.15) is 0 Å². The van der Waals surface area contributed by atoms with Crippen LogP contribution in [0, 0.1) is 0 Å². The predicted octanol–water partition coefficient (Wildman–Crippen LogP) is -3.24. The summed E-state index contributed by atoms with van der Waals surface area (Å²) in [6.07, 6.45) is 0. The third kappa shape index (κ3) is 698. The van der Waals surface area contributed by atoms with Crippen LogP contribution >= 0.6 is 0 Å². The molecule has 0 rings (SSSR count). The van der Waals surface area contributed by atoms with E-state index < -0.39 is 18.3 Å². The van der Waals surface area contributed by atoms with E-state index in [0.29, 0.717) is 0 Å². The molecule has 0 aliphatic heterocycles. The van der Waals surface area contributed by atoms with E-state index >= 15 is 0 Å². The molecule has 0 fully saturated rings. The van der Waals surface area contributed by atoms with Crippen LogP contribution in [0.15, 0.2) is 0 Å². The van der Waals surface area contributed by atoms with E-state index in [1.54, 1.807) is 0 Å². The summed E-state index contributed by atoms with van der Waals surface area (Å²) in [4.78, 5) is 28.6. The van der Waals surface area contributed by atoms with Crippen molar-refractivity contribution in [2.75, 3.05) is 0 Å². The minimum Gasteiger partial charge on any atom is -2.00 e. The van der Waals surface area contributed by atoms with Crippen LogP contribution in [-0.4, -0.2) is 37.5 Å². The van der Waals surface area contributed by atoms with Gasteiger partial charge in [-0.15, -0.1) is 0 Å². The molecule has 0 aliphatic carbocycles. The fourth-order valence-electron chi connectivity index (χ4n) is 0. The Morgan fingerprint density at radius 3 is 0.533 bits per heavy atom. The molecule has 6 nitrogen and oxygen atoms in total. The van der Waals surface area contributed by atoms with Gasteiger partial charge in [0.25, 0.3) is 0 Å². The van der Waals surface area contributed by atoms with Gasteiger partial charge in [-0.1, -0.05) is 0 Å². The fraction of sp³-hybridized carbons (Fsp3) is 0. The summed E-state index contributed by atoms with van der Waals surface area (Å²) in [5.41, 5.74) is 0. The first kappa shape index (κ1) is 67.3. The molecule has 0 saturated carbocycles. The van der Waals surface area contributed by atoms with Crippen LogP contribution in [0.25, 0.3) is 0 Å². The average Bonchev–Trinajstić information content (AvgIpc) is 1.25. The van der Waals surface area contributed by atoms with Gasteiger partial charge >= 0.3 is 18.3 Å². The Labute approximate surface area is 149 Å². The second-order valence-electron chi connectivity index (χ2n) is 0.565. The van der Waals surface area contributed by atoms with E-state index in [0.717, 1.165) is 0 Å². The van der Waals surface area contributed by atoms with Crippen molar-refractivity contribution in [2.45, 2.75) is 0 Å². The quantitative estimate of drug-likeness (QED) is 0.308. The molecule has 0 bridgehead atoms. The molecule has 0 spiro atoms. The summed E-state index contributed by atoms with van der Waals surface area (Å²) in [6, 6.07) is 0. The minimum absolute atomic E-state index is 0. The van der Waals surface area contributed by atoms with E-state index in [4.69, 9.17) is 28.1 Å². The molecule has 0 unspecified atom stereocenters. The van der Waals surface area contributed by atoms with Crippen molar-refractivity contribution in [3.8, 4) is 0 Å². The normalized spacial score (nSPS) is 3.20. The summed E-state index contributed by atoms with van der Waals surface area (Å²) in [5.74, 6) is 0. The molecule has 98 valence electrons. The maximum absolute atomic E-state index is 8.74. The summed E-state index contributed by atoms with van der Waals surface area (Å²) in [6.45, 7) is 0. The monoisotopic (exact) mass is 418 g/mol. The molecule has 15 heavy (non-hydrogen) atoms. The van der Waals surface area contributed by atoms with Crippen molar-refractivity contribution < 1.29 is 65.2 Å². The van der Waals surface area contributed by atoms with Gasteiger partial charge in [-0.3, -0.25) is 8.92 Å². The molecule has 2 radical (unpaired) electrons. The average molecular weight is 418 g/mol. The van der Waals surface area contributed by atoms with Gasteiger partial charge in [0.2, 0.25) is 0 Å². The van der Waals surface area contributed by atoms with Crippen molar-refractivity contribution in [3.63, 3.8) is 0 Å². The van der Waals surface area contributed by atoms with Gasteiger partial charge in [0.1, 0.15) is 0 Å². The van der Waals surface area contributed by atoms with Crippen LogP contribution in [-0.2, 0) is 114 Å². The van der Waals surface area contributed by atoms with Gasteiger partial charge in [0.15, 0.2) is 0 Å². The van der Waals surface area contributed by atoms with Crippen molar-refractivity contribution >= 4 is 85.8 Å². The smallest absolute Gasteiger partial charge is 0.761 e. The van der Waals surface area contributed by atoms with Gasteiger partial charge < -0.3 is 86.7 Å². The molecule has 0 heterocycles. The molecule has 0 aromatic carbocycles. The molecule has 0 aromatic rings. The Balaban J connectivity index is -0.00000000468. The van der Waals surface area contributed by atoms with Crippen LogP contribution in [0.2, 0.25) is 0 Å². The molecule has 0 atom stereocenters. The van der Waals surface area contributed by atoms with Crippen molar-refractivity contribution in [3.05, 3.63) is 0 Å². The van der Waals surface area contributed by atoms with Crippen molar-refractivity contribution in [2.24, 2.45) is 0 Å². The zero-order valence-electron chi connectivity index (χ0n) is 6.54. The van der Waals surface area contributed by atoms with Gasteiger partial charge in [-0.05, 0) is 0 Å². The van der Waals surface area contributed by atoms with Gasteiger partial charge in [0, 0.05) is 37.1 Å². The first-order chi connectivity index (χ1) is 3.46. The van der Waals surface area contributed by atoms with E-state index in [9.17, 15) is 0 Å². The maximum atomic E-state index is 8.74. The molecule has 0 aromatic heterocycles. The Morgan fingerprint density at radius 1 is 0.533 bits per heavy atom. The van der Waals surface area contributed by atoms with Crippen molar-refractivity contribution in [1.82, 2.24) is 0 Å². The molecule has 0 aliphatic rings. The van der Waals surface area contributed by atoms with Crippen molar-refractivity contribution in [1.29, 1.82) is 0 Å². The summed E-state index contributed by atoms with van der Waals surface area (Å²) < 4.78 is 17.5. The predicted molar refractivity (Wildman–Crippen MR) is 58.6 cm³/mol. The second-order valence-corrected chi connectivity index (χ2v) is 1.70. The number of rotatable bonds is 0. The Hall–Kier alpha value is 2.15. The summed E-state index contributed by atoms with van der Waals surface area (Å²) in [5, 5.41) is 0. The van der Waals surface area contributed by atoms with Gasteiger partial charge in [-0.25, -0.2) is 0 Å². The molecular weight excluding hydrogens is 414 g/mol. The minimum atomic E-state index is -3.13. The first-order valence-corrected chi connectivity index (χ1v) is 3.91. The third-order valence-electron chi connectivity index (χ3n) is 0. The zero-order valence-corrected chi connectivity index (χ0v) is 15.4. The molecule has 4 N–H and O–H groups in total. The van der Waals surface area contributed by atoms with Crippen LogP contribution < -0.4 is 0 Å². The molecule has 0 amide bonds. The van der Waals surface area contributed by atoms with Gasteiger partial charge in [0.05, 0.1) is 0 Å². The maximum Gasteiger partial charge on any atom is 0.761 e. The van der Waals surface area contributed by atoms with Crippen LogP contribution in [0.1, 0.15) is 0 Å². The van der Waals surface area contributed by atoms with Crippen LogP contribution in [0.4, 0.5) is 0 Å².